The number of nitrogens with one attached hydrogen (secondary N) is 1. The molecular formula is C14H14N2O2. The average Bonchev–Trinajstić information content (AvgIpc) is 2.80. The lowest BCUT2D eigenvalue weighted by atomic mass is 9.96. The molecule has 2 atom stereocenters. The van der Waals surface area contributed by atoms with E-state index < -0.39 is 11.7 Å². The van der Waals surface area contributed by atoms with Gasteiger partial charge >= 0.3 is 6.09 Å². The van der Waals surface area contributed by atoms with Crippen molar-refractivity contribution < 1.29 is 9.53 Å². The Kier molecular flexibility index (Phi) is 1.88. The number of amides is 1. The minimum Gasteiger partial charge on any atom is -0.434 e. The second-order valence-electron chi connectivity index (χ2n) is 5.26. The minimum atomic E-state index is -0.429. The van der Waals surface area contributed by atoms with Crippen molar-refractivity contribution in [3.8, 4) is 0 Å². The van der Waals surface area contributed by atoms with E-state index in [1.165, 1.54) is 6.42 Å². The number of hydrogen-bond donors (Lipinski definition) is 1. The first-order valence-electron chi connectivity index (χ1n) is 6.45. The van der Waals surface area contributed by atoms with Gasteiger partial charge in [-0.3, -0.25) is 0 Å². The molecular weight excluding hydrogens is 228 g/mol. The first-order valence-corrected chi connectivity index (χ1v) is 6.45. The molecule has 1 amide bonds. The van der Waals surface area contributed by atoms with Crippen LogP contribution in [0.4, 0.5) is 4.79 Å². The lowest BCUT2D eigenvalue weighted by Crippen LogP contribution is -2.43. The normalized spacial score (nSPS) is 36.7. The SMILES string of the molecule is O=C1NN=C(c2ccccc2)C2(O1)C1CCCC12. The molecule has 2 unspecified atom stereocenters. The summed E-state index contributed by atoms with van der Waals surface area (Å²) in [6.07, 6.45) is 3.11. The fourth-order valence-electron chi connectivity index (χ4n) is 3.70. The fourth-order valence-corrected chi connectivity index (χ4v) is 3.70. The Hall–Kier alpha value is -1.84. The number of rotatable bonds is 1. The zero-order valence-electron chi connectivity index (χ0n) is 9.93. The smallest absolute Gasteiger partial charge is 0.428 e. The second kappa shape index (κ2) is 3.34. The van der Waals surface area contributed by atoms with Crippen LogP contribution in [0, 0.1) is 11.8 Å². The molecule has 3 aliphatic rings. The van der Waals surface area contributed by atoms with Gasteiger partial charge in [-0.05, 0) is 12.8 Å². The predicted molar refractivity (Wildman–Crippen MR) is 66.2 cm³/mol. The van der Waals surface area contributed by atoms with Crippen molar-refractivity contribution in [1.29, 1.82) is 0 Å². The summed E-state index contributed by atoms with van der Waals surface area (Å²) >= 11 is 0. The van der Waals surface area contributed by atoms with Crippen molar-refractivity contribution in [2.24, 2.45) is 16.9 Å². The molecule has 1 aromatic carbocycles. The number of carbonyl (C=O) groups is 1. The molecule has 0 radical (unpaired) electrons. The highest BCUT2D eigenvalue weighted by Crippen LogP contribution is 2.64. The van der Waals surface area contributed by atoms with Gasteiger partial charge in [-0.15, -0.1) is 0 Å². The van der Waals surface area contributed by atoms with Crippen LogP contribution < -0.4 is 5.43 Å². The van der Waals surface area contributed by atoms with E-state index in [-0.39, 0.29) is 0 Å². The molecule has 4 heteroatoms. The number of ether oxygens (including phenoxy) is 1. The molecule has 1 spiro atoms. The average molecular weight is 242 g/mol. The van der Waals surface area contributed by atoms with Crippen LogP contribution in [-0.4, -0.2) is 17.4 Å². The maximum atomic E-state index is 11.5. The van der Waals surface area contributed by atoms with Crippen LogP contribution in [0.5, 0.6) is 0 Å². The third-order valence-corrected chi connectivity index (χ3v) is 4.45. The molecule has 0 bridgehead atoms. The standard InChI is InChI=1S/C14H14N2O2/c17-13-16-15-12(9-5-2-1-3-6-9)14(18-13)10-7-4-8-11(10)14/h1-3,5-6,10-11H,4,7-8H2,(H,16,17). The van der Waals surface area contributed by atoms with Crippen LogP contribution in [0.2, 0.25) is 0 Å². The molecule has 1 aliphatic heterocycles. The summed E-state index contributed by atoms with van der Waals surface area (Å²) in [4.78, 5) is 11.5. The van der Waals surface area contributed by atoms with Gasteiger partial charge < -0.3 is 4.74 Å². The van der Waals surface area contributed by atoms with Gasteiger partial charge in [-0.2, -0.15) is 5.10 Å². The maximum Gasteiger partial charge on any atom is 0.428 e. The molecule has 1 aromatic rings. The Morgan fingerprint density at radius 3 is 2.67 bits per heavy atom. The molecule has 1 N–H and O–H groups in total. The summed E-state index contributed by atoms with van der Waals surface area (Å²) in [5.74, 6) is 0.949. The predicted octanol–water partition coefficient (Wildman–Crippen LogP) is 2.30. The van der Waals surface area contributed by atoms with Crippen molar-refractivity contribution in [3.05, 3.63) is 35.9 Å². The van der Waals surface area contributed by atoms with Crippen molar-refractivity contribution in [2.75, 3.05) is 0 Å². The number of carbonyl (C=O) groups excluding carboxylic acids is 1. The van der Waals surface area contributed by atoms with Crippen molar-refractivity contribution in [2.45, 2.75) is 24.9 Å². The van der Waals surface area contributed by atoms with E-state index in [9.17, 15) is 4.79 Å². The molecule has 0 aromatic heterocycles. The van der Waals surface area contributed by atoms with Crippen molar-refractivity contribution >= 4 is 11.8 Å². The molecule has 92 valence electrons. The van der Waals surface area contributed by atoms with E-state index in [0.717, 1.165) is 24.1 Å². The van der Waals surface area contributed by atoms with Crippen LogP contribution in [0.1, 0.15) is 24.8 Å². The number of hydrogen-bond acceptors (Lipinski definition) is 3. The highest BCUT2D eigenvalue weighted by molar-refractivity contribution is 6.11. The van der Waals surface area contributed by atoms with Crippen molar-refractivity contribution in [1.82, 2.24) is 5.43 Å². The summed E-state index contributed by atoms with van der Waals surface area (Å²) < 4.78 is 5.64. The molecule has 4 nitrogen and oxygen atoms in total. The molecule has 0 saturated heterocycles. The third-order valence-electron chi connectivity index (χ3n) is 4.45. The highest BCUT2D eigenvalue weighted by Gasteiger charge is 2.73. The molecule has 2 aliphatic carbocycles. The summed E-state index contributed by atoms with van der Waals surface area (Å²) in [5, 5.41) is 4.27. The van der Waals surface area contributed by atoms with Gasteiger partial charge in [0.25, 0.3) is 0 Å². The van der Waals surface area contributed by atoms with Crippen LogP contribution in [0.3, 0.4) is 0 Å². The van der Waals surface area contributed by atoms with Crippen LogP contribution in [-0.2, 0) is 4.74 Å². The summed E-state index contributed by atoms with van der Waals surface area (Å²) in [6.45, 7) is 0. The van der Waals surface area contributed by atoms with E-state index in [1.54, 1.807) is 0 Å². The summed E-state index contributed by atoms with van der Waals surface area (Å²) in [7, 11) is 0. The quantitative estimate of drug-likeness (QED) is 0.821. The van der Waals surface area contributed by atoms with E-state index in [4.69, 9.17) is 4.74 Å². The largest absolute Gasteiger partial charge is 0.434 e. The summed E-state index contributed by atoms with van der Waals surface area (Å²) in [6, 6.07) is 10.00. The Morgan fingerprint density at radius 1 is 1.22 bits per heavy atom. The van der Waals surface area contributed by atoms with Crippen molar-refractivity contribution in [3.63, 3.8) is 0 Å². The van der Waals surface area contributed by atoms with E-state index in [2.05, 4.69) is 10.5 Å². The molecule has 2 fully saturated rings. The van der Waals surface area contributed by atoms with Gasteiger partial charge in [0.2, 0.25) is 0 Å². The van der Waals surface area contributed by atoms with Crippen LogP contribution in [0.15, 0.2) is 35.4 Å². The van der Waals surface area contributed by atoms with E-state index in [1.807, 2.05) is 30.3 Å². The van der Waals surface area contributed by atoms with E-state index >= 15 is 0 Å². The number of fused-ring (bicyclic) bond motifs is 3. The maximum absolute atomic E-state index is 11.5. The second-order valence-corrected chi connectivity index (χ2v) is 5.26. The Bertz CT molecular complexity index is 528. The van der Waals surface area contributed by atoms with Gasteiger partial charge in [0, 0.05) is 17.4 Å². The van der Waals surface area contributed by atoms with Gasteiger partial charge in [-0.25, -0.2) is 10.2 Å². The molecule has 2 saturated carbocycles. The zero-order chi connectivity index (χ0) is 12.2. The topological polar surface area (TPSA) is 50.7 Å². The fraction of sp³-hybridized carbons (Fsp3) is 0.429. The van der Waals surface area contributed by atoms with Gasteiger partial charge in [0.1, 0.15) is 5.71 Å². The van der Waals surface area contributed by atoms with Crippen LogP contribution in [0.25, 0.3) is 0 Å². The Morgan fingerprint density at radius 2 is 1.94 bits per heavy atom. The Balaban J connectivity index is 1.79. The van der Waals surface area contributed by atoms with E-state index in [0.29, 0.717) is 11.8 Å². The lowest BCUT2D eigenvalue weighted by molar-refractivity contribution is 0.0902. The van der Waals surface area contributed by atoms with Gasteiger partial charge in [-0.1, -0.05) is 36.8 Å². The minimum absolute atomic E-state index is 0.413. The zero-order valence-corrected chi connectivity index (χ0v) is 9.93. The Labute approximate surface area is 105 Å². The lowest BCUT2D eigenvalue weighted by Gasteiger charge is -2.27. The summed E-state index contributed by atoms with van der Waals surface area (Å²) in [5.41, 5.74) is 3.96. The monoisotopic (exact) mass is 242 g/mol. The number of nitrogens with zero attached hydrogens (tertiary/aromatic N) is 1. The van der Waals surface area contributed by atoms with Gasteiger partial charge in [0.05, 0.1) is 0 Å². The molecule has 18 heavy (non-hydrogen) atoms. The number of hydrazone groups is 1. The third kappa shape index (κ3) is 1.15. The molecule has 1 heterocycles. The number of benzene rings is 1. The first-order chi connectivity index (χ1) is 8.82. The molecule has 4 rings (SSSR count). The highest BCUT2D eigenvalue weighted by atomic mass is 16.6. The first kappa shape index (κ1) is 10.1. The van der Waals surface area contributed by atoms with Gasteiger partial charge in [0.15, 0.2) is 5.60 Å². The van der Waals surface area contributed by atoms with Crippen LogP contribution >= 0.6 is 0 Å².